The monoisotopic (exact) mass is 398 g/mol. The minimum Gasteiger partial charge on any atom is -0.481 e. The van der Waals surface area contributed by atoms with Crippen LogP contribution in [-0.2, 0) is 11.3 Å². The number of furan rings is 1. The van der Waals surface area contributed by atoms with E-state index in [-0.39, 0.29) is 18.4 Å². The Balaban J connectivity index is 1.63. The van der Waals surface area contributed by atoms with E-state index in [9.17, 15) is 9.59 Å². The Labute approximate surface area is 167 Å². The van der Waals surface area contributed by atoms with Crippen LogP contribution in [-0.4, -0.2) is 17.9 Å². The van der Waals surface area contributed by atoms with Crippen LogP contribution >= 0.6 is 11.6 Å². The Kier molecular flexibility index (Phi) is 6.34. The molecule has 1 heterocycles. The first-order chi connectivity index (χ1) is 13.5. The van der Waals surface area contributed by atoms with Crippen molar-refractivity contribution in [1.82, 2.24) is 5.32 Å². The maximum atomic E-state index is 12.5. The van der Waals surface area contributed by atoms with Gasteiger partial charge in [0.05, 0.1) is 24.1 Å². The molecule has 1 atom stereocenters. The highest BCUT2D eigenvalue weighted by molar-refractivity contribution is 6.30. The summed E-state index contributed by atoms with van der Waals surface area (Å²) >= 11 is 5.84. The molecule has 1 aromatic heterocycles. The average molecular weight is 399 g/mol. The molecule has 6 nitrogen and oxygen atoms in total. The average Bonchev–Trinajstić information content (AvgIpc) is 3.22. The zero-order valence-corrected chi connectivity index (χ0v) is 15.9. The number of carbonyl (C=O) groups excluding carboxylic acids is 2. The first kappa shape index (κ1) is 19.5. The molecular formula is C21H19ClN2O4. The van der Waals surface area contributed by atoms with Gasteiger partial charge in [-0.1, -0.05) is 23.7 Å². The highest BCUT2D eigenvalue weighted by Crippen LogP contribution is 2.19. The Morgan fingerprint density at radius 1 is 1.07 bits per heavy atom. The molecule has 144 valence electrons. The Hall–Kier alpha value is -3.25. The number of hydrogen-bond acceptors (Lipinski definition) is 4. The summed E-state index contributed by atoms with van der Waals surface area (Å²) in [5.41, 5.74) is 0.747. The first-order valence-corrected chi connectivity index (χ1v) is 9.03. The number of carbonyl (C=O) groups is 2. The van der Waals surface area contributed by atoms with Crippen LogP contribution in [0.1, 0.15) is 23.0 Å². The zero-order valence-electron chi connectivity index (χ0n) is 15.1. The van der Waals surface area contributed by atoms with E-state index in [0.29, 0.717) is 27.8 Å². The van der Waals surface area contributed by atoms with E-state index in [1.807, 2.05) is 0 Å². The standard InChI is InChI=1S/C21H19ClN2O4/c1-14(28-16-10-8-15(22)9-11-16)20(25)24-19-7-3-2-6-18(19)21(26)23-13-17-5-4-12-27-17/h2-12,14H,13H2,1H3,(H,23,26)(H,24,25)/t14-/m1/s1. The molecule has 0 spiro atoms. The third-order valence-corrected chi connectivity index (χ3v) is 4.18. The quantitative estimate of drug-likeness (QED) is 0.622. The normalized spacial score (nSPS) is 11.5. The van der Waals surface area contributed by atoms with Crippen LogP contribution in [0.4, 0.5) is 5.69 Å². The molecule has 2 aromatic carbocycles. The van der Waals surface area contributed by atoms with Crippen molar-refractivity contribution in [2.45, 2.75) is 19.6 Å². The summed E-state index contributed by atoms with van der Waals surface area (Å²) in [6, 6.07) is 17.0. The van der Waals surface area contributed by atoms with Crippen LogP contribution in [0, 0.1) is 0 Å². The molecular weight excluding hydrogens is 380 g/mol. The third-order valence-electron chi connectivity index (χ3n) is 3.93. The van der Waals surface area contributed by atoms with Crippen LogP contribution in [0.15, 0.2) is 71.3 Å². The molecule has 0 aliphatic heterocycles. The SMILES string of the molecule is C[C@@H](Oc1ccc(Cl)cc1)C(=O)Nc1ccccc1C(=O)NCc1ccco1. The Bertz CT molecular complexity index is 939. The van der Waals surface area contributed by atoms with Crippen LogP contribution in [0.25, 0.3) is 0 Å². The van der Waals surface area contributed by atoms with Crippen molar-refractivity contribution in [3.05, 3.63) is 83.3 Å². The summed E-state index contributed by atoms with van der Waals surface area (Å²) in [5, 5.41) is 6.09. The van der Waals surface area contributed by atoms with E-state index in [0.717, 1.165) is 0 Å². The number of amides is 2. The van der Waals surface area contributed by atoms with E-state index in [1.165, 1.54) is 6.26 Å². The van der Waals surface area contributed by atoms with Gasteiger partial charge >= 0.3 is 0 Å². The van der Waals surface area contributed by atoms with Gasteiger partial charge in [-0.05, 0) is 55.5 Å². The van der Waals surface area contributed by atoms with Crippen molar-refractivity contribution in [1.29, 1.82) is 0 Å². The summed E-state index contributed by atoms with van der Waals surface area (Å²) in [5.74, 6) is 0.469. The molecule has 0 bridgehead atoms. The van der Waals surface area contributed by atoms with E-state index < -0.39 is 6.10 Å². The lowest BCUT2D eigenvalue weighted by Crippen LogP contribution is -2.31. The summed E-state index contributed by atoms with van der Waals surface area (Å²) in [7, 11) is 0. The van der Waals surface area contributed by atoms with Gasteiger partial charge in [-0.2, -0.15) is 0 Å². The fraction of sp³-hybridized carbons (Fsp3) is 0.143. The molecule has 2 N–H and O–H groups in total. The van der Waals surface area contributed by atoms with Gasteiger partial charge in [-0.3, -0.25) is 9.59 Å². The number of ether oxygens (including phenoxy) is 1. The summed E-state index contributed by atoms with van der Waals surface area (Å²) in [6.07, 6.45) is 0.776. The van der Waals surface area contributed by atoms with Gasteiger partial charge < -0.3 is 19.8 Å². The fourth-order valence-corrected chi connectivity index (χ4v) is 2.60. The predicted octanol–water partition coefficient (Wildman–Crippen LogP) is 4.27. The number of rotatable bonds is 7. The second kappa shape index (κ2) is 9.10. The molecule has 28 heavy (non-hydrogen) atoms. The van der Waals surface area contributed by atoms with Gasteiger partial charge in [-0.25, -0.2) is 0 Å². The largest absolute Gasteiger partial charge is 0.481 e. The van der Waals surface area contributed by atoms with E-state index in [1.54, 1.807) is 67.6 Å². The zero-order chi connectivity index (χ0) is 19.9. The van der Waals surface area contributed by atoms with Gasteiger partial charge in [-0.15, -0.1) is 0 Å². The van der Waals surface area contributed by atoms with E-state index in [4.69, 9.17) is 20.8 Å². The van der Waals surface area contributed by atoms with Crippen molar-refractivity contribution >= 4 is 29.1 Å². The molecule has 0 aliphatic rings. The summed E-state index contributed by atoms with van der Waals surface area (Å²) in [6.45, 7) is 1.88. The lowest BCUT2D eigenvalue weighted by atomic mass is 10.1. The molecule has 3 rings (SSSR count). The van der Waals surface area contributed by atoms with Crippen molar-refractivity contribution in [2.24, 2.45) is 0 Å². The molecule has 0 saturated heterocycles. The number of halogens is 1. The maximum Gasteiger partial charge on any atom is 0.265 e. The first-order valence-electron chi connectivity index (χ1n) is 8.65. The molecule has 7 heteroatoms. The lowest BCUT2D eigenvalue weighted by molar-refractivity contribution is -0.122. The van der Waals surface area contributed by atoms with Crippen LogP contribution in [0.3, 0.4) is 0 Å². The molecule has 3 aromatic rings. The van der Waals surface area contributed by atoms with Gasteiger partial charge in [0.1, 0.15) is 11.5 Å². The summed E-state index contributed by atoms with van der Waals surface area (Å²) in [4.78, 5) is 25.0. The number of para-hydroxylation sites is 1. The van der Waals surface area contributed by atoms with E-state index in [2.05, 4.69) is 10.6 Å². The molecule has 0 aliphatic carbocycles. The highest BCUT2D eigenvalue weighted by Gasteiger charge is 2.18. The van der Waals surface area contributed by atoms with Crippen molar-refractivity contribution in [2.75, 3.05) is 5.32 Å². The lowest BCUT2D eigenvalue weighted by Gasteiger charge is -2.16. The molecule has 0 fully saturated rings. The number of hydrogen-bond donors (Lipinski definition) is 2. The van der Waals surface area contributed by atoms with Crippen molar-refractivity contribution < 1.29 is 18.7 Å². The molecule has 2 amide bonds. The number of nitrogens with one attached hydrogen (secondary N) is 2. The molecule has 0 saturated carbocycles. The number of anilines is 1. The molecule has 0 unspecified atom stereocenters. The third kappa shape index (κ3) is 5.14. The van der Waals surface area contributed by atoms with Crippen LogP contribution in [0.2, 0.25) is 5.02 Å². The van der Waals surface area contributed by atoms with Gasteiger partial charge in [0, 0.05) is 5.02 Å². The van der Waals surface area contributed by atoms with Gasteiger partial charge in [0.25, 0.3) is 11.8 Å². The maximum absolute atomic E-state index is 12.5. The van der Waals surface area contributed by atoms with Gasteiger partial charge in [0.15, 0.2) is 6.10 Å². The van der Waals surface area contributed by atoms with Crippen LogP contribution < -0.4 is 15.4 Å². The van der Waals surface area contributed by atoms with Gasteiger partial charge in [0.2, 0.25) is 0 Å². The second-order valence-electron chi connectivity index (χ2n) is 6.01. The number of benzene rings is 2. The van der Waals surface area contributed by atoms with Crippen molar-refractivity contribution in [3.8, 4) is 5.75 Å². The molecule has 0 radical (unpaired) electrons. The van der Waals surface area contributed by atoms with Crippen molar-refractivity contribution in [3.63, 3.8) is 0 Å². The Morgan fingerprint density at radius 3 is 2.54 bits per heavy atom. The summed E-state index contributed by atoms with van der Waals surface area (Å²) < 4.78 is 10.8. The smallest absolute Gasteiger partial charge is 0.265 e. The fourth-order valence-electron chi connectivity index (χ4n) is 2.47. The van der Waals surface area contributed by atoms with E-state index >= 15 is 0 Å². The van der Waals surface area contributed by atoms with Crippen LogP contribution in [0.5, 0.6) is 5.75 Å². The minimum absolute atomic E-state index is 0.254. The predicted molar refractivity (Wildman–Crippen MR) is 106 cm³/mol. The topological polar surface area (TPSA) is 80.6 Å². The minimum atomic E-state index is -0.764. The Morgan fingerprint density at radius 2 is 1.82 bits per heavy atom. The highest BCUT2D eigenvalue weighted by atomic mass is 35.5. The second-order valence-corrected chi connectivity index (χ2v) is 6.45.